The summed E-state index contributed by atoms with van der Waals surface area (Å²) in [6, 6.07) is 1.94. The van der Waals surface area contributed by atoms with E-state index in [-0.39, 0.29) is 5.56 Å². The zero-order chi connectivity index (χ0) is 13.6. The standard InChI is InChI=1S/C12H15N5OS/c1-16-4-3-9-7(6-16)5-8(11(18)17(9)2)10-14-15-12(13)19-10/h5H,3-4,6H2,1-2H3,(H2,13,15). The highest BCUT2D eigenvalue weighted by atomic mass is 32.1. The molecule has 0 atom stereocenters. The van der Waals surface area contributed by atoms with Crippen molar-refractivity contribution in [1.82, 2.24) is 19.7 Å². The Labute approximate surface area is 114 Å². The van der Waals surface area contributed by atoms with Gasteiger partial charge in [0, 0.05) is 32.3 Å². The minimum atomic E-state index is -0.0283. The zero-order valence-corrected chi connectivity index (χ0v) is 11.7. The molecule has 0 saturated carbocycles. The number of anilines is 1. The third-order valence-corrected chi connectivity index (χ3v) is 4.26. The molecule has 0 saturated heterocycles. The molecule has 0 fully saturated rings. The van der Waals surface area contributed by atoms with Gasteiger partial charge in [-0.25, -0.2) is 0 Å². The number of likely N-dealkylation sites (N-methyl/N-ethyl adjacent to an activating group) is 1. The lowest BCUT2D eigenvalue weighted by molar-refractivity contribution is 0.306. The van der Waals surface area contributed by atoms with Crippen molar-refractivity contribution in [3.63, 3.8) is 0 Å². The second kappa shape index (κ2) is 4.43. The highest BCUT2D eigenvalue weighted by molar-refractivity contribution is 7.18. The van der Waals surface area contributed by atoms with E-state index in [9.17, 15) is 4.79 Å². The van der Waals surface area contributed by atoms with Crippen molar-refractivity contribution >= 4 is 16.5 Å². The van der Waals surface area contributed by atoms with E-state index in [1.54, 1.807) is 4.57 Å². The van der Waals surface area contributed by atoms with Gasteiger partial charge in [-0.3, -0.25) is 4.79 Å². The van der Waals surface area contributed by atoms with E-state index in [4.69, 9.17) is 5.73 Å². The Morgan fingerprint density at radius 3 is 2.84 bits per heavy atom. The molecule has 3 heterocycles. The molecule has 3 rings (SSSR count). The van der Waals surface area contributed by atoms with Gasteiger partial charge in [-0.05, 0) is 18.7 Å². The summed E-state index contributed by atoms with van der Waals surface area (Å²) in [6.45, 7) is 1.83. The van der Waals surface area contributed by atoms with Gasteiger partial charge in [-0.15, -0.1) is 10.2 Å². The minimum Gasteiger partial charge on any atom is -0.374 e. The topological polar surface area (TPSA) is 77.0 Å². The van der Waals surface area contributed by atoms with E-state index in [1.165, 1.54) is 16.9 Å². The third kappa shape index (κ3) is 2.04. The van der Waals surface area contributed by atoms with Crippen molar-refractivity contribution in [2.75, 3.05) is 19.3 Å². The molecule has 100 valence electrons. The van der Waals surface area contributed by atoms with Gasteiger partial charge in [0.25, 0.3) is 5.56 Å². The smallest absolute Gasteiger partial charge is 0.260 e. The van der Waals surface area contributed by atoms with Crippen molar-refractivity contribution in [2.24, 2.45) is 7.05 Å². The number of hydrogen-bond acceptors (Lipinski definition) is 6. The van der Waals surface area contributed by atoms with E-state index < -0.39 is 0 Å². The molecule has 1 aliphatic rings. The van der Waals surface area contributed by atoms with Crippen LogP contribution in [0.2, 0.25) is 0 Å². The van der Waals surface area contributed by atoms with Crippen LogP contribution >= 0.6 is 11.3 Å². The van der Waals surface area contributed by atoms with Crippen LogP contribution in [-0.2, 0) is 20.0 Å². The molecule has 2 N–H and O–H groups in total. The van der Waals surface area contributed by atoms with Crippen molar-refractivity contribution in [1.29, 1.82) is 0 Å². The third-order valence-electron chi connectivity index (χ3n) is 3.47. The van der Waals surface area contributed by atoms with Crippen molar-refractivity contribution in [3.05, 3.63) is 27.7 Å². The minimum absolute atomic E-state index is 0.0283. The van der Waals surface area contributed by atoms with Crippen LogP contribution in [0.4, 0.5) is 5.13 Å². The molecule has 19 heavy (non-hydrogen) atoms. The first kappa shape index (κ1) is 12.3. The normalized spacial score (nSPS) is 15.5. The first-order valence-corrected chi connectivity index (χ1v) is 6.87. The molecule has 0 aliphatic carbocycles. The van der Waals surface area contributed by atoms with Crippen LogP contribution in [0.15, 0.2) is 10.9 Å². The van der Waals surface area contributed by atoms with E-state index in [0.29, 0.717) is 15.7 Å². The maximum atomic E-state index is 12.4. The average molecular weight is 277 g/mol. The summed E-state index contributed by atoms with van der Waals surface area (Å²) in [4.78, 5) is 14.6. The molecule has 2 aromatic heterocycles. The molecular weight excluding hydrogens is 262 g/mol. The van der Waals surface area contributed by atoms with Gasteiger partial charge < -0.3 is 15.2 Å². The van der Waals surface area contributed by atoms with Gasteiger partial charge >= 0.3 is 0 Å². The Bertz CT molecular complexity index is 690. The average Bonchev–Trinajstić information content (AvgIpc) is 2.80. The van der Waals surface area contributed by atoms with Crippen LogP contribution in [-0.4, -0.2) is 33.3 Å². The molecule has 2 aromatic rings. The molecule has 0 amide bonds. The number of nitrogens with two attached hydrogens (primary N) is 1. The van der Waals surface area contributed by atoms with Crippen LogP contribution < -0.4 is 11.3 Å². The number of rotatable bonds is 1. The molecule has 6 nitrogen and oxygen atoms in total. The summed E-state index contributed by atoms with van der Waals surface area (Å²) in [6.07, 6.45) is 0.899. The molecule has 0 radical (unpaired) electrons. The van der Waals surface area contributed by atoms with E-state index >= 15 is 0 Å². The molecule has 0 bridgehead atoms. The van der Waals surface area contributed by atoms with Crippen molar-refractivity contribution < 1.29 is 0 Å². The summed E-state index contributed by atoms with van der Waals surface area (Å²) < 4.78 is 1.73. The maximum Gasteiger partial charge on any atom is 0.260 e. The Morgan fingerprint density at radius 2 is 2.16 bits per heavy atom. The number of pyridine rings is 1. The molecule has 0 aromatic carbocycles. The predicted octanol–water partition coefficient (Wildman–Crippen LogP) is 0.474. The second-order valence-electron chi connectivity index (χ2n) is 4.83. The van der Waals surface area contributed by atoms with Gasteiger partial charge in [0.05, 0.1) is 5.56 Å². The summed E-state index contributed by atoms with van der Waals surface area (Å²) in [5.74, 6) is 0. The Balaban J connectivity index is 2.19. The first-order chi connectivity index (χ1) is 9.06. The molecule has 0 unspecified atom stereocenters. The summed E-state index contributed by atoms with van der Waals surface area (Å²) in [5.41, 5.74) is 8.45. The fourth-order valence-corrected chi connectivity index (χ4v) is 3.08. The van der Waals surface area contributed by atoms with E-state index in [2.05, 4.69) is 22.1 Å². The lowest BCUT2D eigenvalue weighted by Gasteiger charge is -2.26. The molecular formula is C12H15N5OS. The highest BCUT2D eigenvalue weighted by Gasteiger charge is 2.20. The Hall–Kier alpha value is -1.73. The monoisotopic (exact) mass is 277 g/mol. The van der Waals surface area contributed by atoms with Gasteiger partial charge in [-0.2, -0.15) is 0 Å². The van der Waals surface area contributed by atoms with Gasteiger partial charge in [0.15, 0.2) is 5.01 Å². The highest BCUT2D eigenvalue weighted by Crippen LogP contribution is 2.25. The lowest BCUT2D eigenvalue weighted by Crippen LogP contribution is -2.33. The summed E-state index contributed by atoms with van der Waals surface area (Å²) >= 11 is 1.24. The van der Waals surface area contributed by atoms with Gasteiger partial charge in [0.2, 0.25) is 5.13 Å². The SMILES string of the molecule is CN1CCc2c(cc(-c3nnc(N)s3)c(=O)n2C)C1. The lowest BCUT2D eigenvalue weighted by atomic mass is 10.0. The Morgan fingerprint density at radius 1 is 1.37 bits per heavy atom. The largest absolute Gasteiger partial charge is 0.374 e. The van der Waals surface area contributed by atoms with Gasteiger partial charge in [-0.1, -0.05) is 11.3 Å². The molecule has 7 heteroatoms. The predicted molar refractivity (Wildman–Crippen MR) is 75.0 cm³/mol. The van der Waals surface area contributed by atoms with Crippen LogP contribution in [0, 0.1) is 0 Å². The number of aromatic nitrogens is 3. The second-order valence-corrected chi connectivity index (χ2v) is 5.84. The Kier molecular flexibility index (Phi) is 2.87. The van der Waals surface area contributed by atoms with Crippen molar-refractivity contribution in [2.45, 2.75) is 13.0 Å². The quantitative estimate of drug-likeness (QED) is 0.820. The molecule has 1 aliphatic heterocycles. The zero-order valence-electron chi connectivity index (χ0n) is 10.9. The number of nitrogens with zero attached hydrogens (tertiary/aromatic N) is 4. The van der Waals surface area contributed by atoms with Crippen molar-refractivity contribution in [3.8, 4) is 10.6 Å². The van der Waals surface area contributed by atoms with E-state index in [1.807, 2.05) is 13.1 Å². The fraction of sp³-hybridized carbons (Fsp3) is 0.417. The maximum absolute atomic E-state index is 12.4. The first-order valence-electron chi connectivity index (χ1n) is 6.06. The van der Waals surface area contributed by atoms with Gasteiger partial charge in [0.1, 0.15) is 0 Å². The number of fused-ring (bicyclic) bond motifs is 1. The van der Waals surface area contributed by atoms with Crippen LogP contribution in [0.25, 0.3) is 10.6 Å². The summed E-state index contributed by atoms with van der Waals surface area (Å²) in [5, 5.41) is 8.72. The summed E-state index contributed by atoms with van der Waals surface area (Å²) in [7, 11) is 3.90. The van der Waals surface area contributed by atoms with Crippen LogP contribution in [0.1, 0.15) is 11.3 Å². The number of hydrogen-bond donors (Lipinski definition) is 1. The molecule has 0 spiro atoms. The van der Waals surface area contributed by atoms with E-state index in [0.717, 1.165) is 25.2 Å². The number of nitrogen functional groups attached to an aromatic ring is 1. The van der Waals surface area contributed by atoms with Crippen LogP contribution in [0.5, 0.6) is 0 Å². The fourth-order valence-electron chi connectivity index (χ4n) is 2.47. The van der Waals surface area contributed by atoms with Crippen LogP contribution in [0.3, 0.4) is 0 Å².